The molecule has 2 saturated heterocycles. The monoisotopic (exact) mass is 434 g/mol. The summed E-state index contributed by atoms with van der Waals surface area (Å²) in [6.07, 6.45) is 0.278. The van der Waals surface area contributed by atoms with Gasteiger partial charge in [0.05, 0.1) is 13.2 Å². The number of fused-ring (bicyclic) bond motifs is 4. The molecule has 0 bridgehead atoms. The van der Waals surface area contributed by atoms with Crippen LogP contribution in [0, 0.1) is 5.41 Å². The second kappa shape index (κ2) is 7.25. The third-order valence-corrected chi connectivity index (χ3v) is 7.10. The van der Waals surface area contributed by atoms with E-state index in [9.17, 15) is 14.4 Å². The van der Waals surface area contributed by atoms with Crippen molar-refractivity contribution in [2.75, 3.05) is 50.6 Å². The van der Waals surface area contributed by atoms with Crippen molar-refractivity contribution >= 4 is 29.2 Å². The predicted octanol–water partition coefficient (Wildman–Crippen LogP) is 1.98. The summed E-state index contributed by atoms with van der Waals surface area (Å²) in [5.41, 5.74) is 1.67. The van der Waals surface area contributed by atoms with Crippen LogP contribution in [0.4, 0.5) is 16.2 Å². The number of imide groups is 2. The molecule has 1 atom stereocenters. The summed E-state index contributed by atoms with van der Waals surface area (Å²) in [7, 11) is 4.56. The molecule has 4 amide bonds. The maximum absolute atomic E-state index is 13.7. The van der Waals surface area contributed by atoms with Gasteiger partial charge in [-0.3, -0.25) is 19.4 Å². The molecule has 3 heterocycles. The molecule has 0 aromatic heterocycles. The Morgan fingerprint density at radius 2 is 1.56 bits per heavy atom. The summed E-state index contributed by atoms with van der Waals surface area (Å²) in [6.45, 7) is 1.91. The molecule has 2 aromatic carbocycles. The Balaban J connectivity index is 1.61. The molecule has 166 valence electrons. The van der Waals surface area contributed by atoms with Gasteiger partial charge in [0.25, 0.3) is 0 Å². The summed E-state index contributed by atoms with van der Waals surface area (Å²) in [6, 6.07) is 14.7. The van der Waals surface area contributed by atoms with Gasteiger partial charge in [-0.1, -0.05) is 18.2 Å². The van der Waals surface area contributed by atoms with Crippen LogP contribution in [-0.2, 0) is 16.0 Å². The number of anilines is 2. The fourth-order valence-corrected chi connectivity index (χ4v) is 5.40. The largest absolute Gasteiger partial charge is 0.497 e. The molecule has 2 fully saturated rings. The number of benzene rings is 2. The maximum atomic E-state index is 13.7. The molecule has 8 heteroatoms. The molecule has 0 saturated carbocycles. The van der Waals surface area contributed by atoms with Gasteiger partial charge in [-0.2, -0.15) is 0 Å². The van der Waals surface area contributed by atoms with Gasteiger partial charge in [-0.25, -0.2) is 4.79 Å². The van der Waals surface area contributed by atoms with Crippen LogP contribution in [0.15, 0.2) is 48.5 Å². The number of para-hydroxylation sites is 1. The normalized spacial score (nSPS) is 22.2. The van der Waals surface area contributed by atoms with E-state index in [0.717, 1.165) is 39.0 Å². The summed E-state index contributed by atoms with van der Waals surface area (Å²) >= 11 is 0. The Bertz CT molecular complexity index is 1080. The molecule has 0 unspecified atom stereocenters. The minimum Gasteiger partial charge on any atom is -0.497 e. The fraction of sp³-hybridized carbons (Fsp3) is 0.375. The second-order valence-electron chi connectivity index (χ2n) is 8.64. The topological polar surface area (TPSA) is 73.4 Å². The lowest BCUT2D eigenvalue weighted by molar-refractivity contribution is -0.159. The number of barbiturate groups is 1. The molecule has 0 radical (unpaired) electrons. The van der Waals surface area contributed by atoms with Crippen LogP contribution in [0.5, 0.6) is 5.75 Å². The van der Waals surface area contributed by atoms with Crippen molar-refractivity contribution in [1.29, 1.82) is 0 Å². The Labute approximate surface area is 186 Å². The van der Waals surface area contributed by atoms with Crippen LogP contribution in [0.2, 0.25) is 0 Å². The highest BCUT2D eigenvalue weighted by molar-refractivity contribution is 6.20. The molecule has 2 aromatic rings. The lowest BCUT2D eigenvalue weighted by Gasteiger charge is -2.56. The SMILES string of the molecule is COc1ccc(N2CCN3c4ccccc4CC4(C(=O)N(C)C(=O)N(C)C4=O)[C@H]3C2)cc1. The molecule has 0 N–H and O–H groups in total. The number of hydrogen-bond acceptors (Lipinski definition) is 6. The van der Waals surface area contributed by atoms with Crippen LogP contribution in [0.1, 0.15) is 5.56 Å². The third kappa shape index (κ3) is 2.71. The number of carbonyl (C=O) groups is 3. The van der Waals surface area contributed by atoms with E-state index in [0.29, 0.717) is 13.1 Å². The summed E-state index contributed by atoms with van der Waals surface area (Å²) in [4.78, 5) is 46.4. The van der Waals surface area contributed by atoms with E-state index in [1.54, 1.807) is 7.11 Å². The molecule has 32 heavy (non-hydrogen) atoms. The highest BCUT2D eigenvalue weighted by atomic mass is 16.5. The van der Waals surface area contributed by atoms with Gasteiger partial charge in [0, 0.05) is 45.1 Å². The first-order valence-electron chi connectivity index (χ1n) is 10.7. The lowest BCUT2D eigenvalue weighted by Crippen LogP contribution is -2.74. The van der Waals surface area contributed by atoms with Crippen molar-refractivity contribution in [2.45, 2.75) is 12.5 Å². The van der Waals surface area contributed by atoms with Crippen LogP contribution < -0.4 is 14.5 Å². The number of rotatable bonds is 2. The average molecular weight is 434 g/mol. The zero-order chi connectivity index (χ0) is 22.6. The maximum Gasteiger partial charge on any atom is 0.332 e. The average Bonchev–Trinajstić information content (AvgIpc) is 2.84. The molecule has 8 nitrogen and oxygen atoms in total. The van der Waals surface area contributed by atoms with E-state index in [1.807, 2.05) is 42.5 Å². The molecule has 3 aliphatic heterocycles. The van der Waals surface area contributed by atoms with Crippen molar-refractivity contribution in [3.63, 3.8) is 0 Å². The number of hydrogen-bond donors (Lipinski definition) is 0. The van der Waals surface area contributed by atoms with Crippen molar-refractivity contribution in [3.05, 3.63) is 54.1 Å². The first kappa shape index (κ1) is 20.4. The van der Waals surface area contributed by atoms with E-state index in [4.69, 9.17) is 4.74 Å². The quantitative estimate of drug-likeness (QED) is 0.673. The van der Waals surface area contributed by atoms with Gasteiger partial charge >= 0.3 is 6.03 Å². The summed E-state index contributed by atoms with van der Waals surface area (Å²) in [5, 5.41) is 0. The molecule has 5 rings (SSSR count). The van der Waals surface area contributed by atoms with Gasteiger partial charge < -0.3 is 14.5 Å². The number of amides is 4. The number of carbonyl (C=O) groups excluding carboxylic acids is 3. The van der Waals surface area contributed by atoms with E-state index in [2.05, 4.69) is 15.9 Å². The van der Waals surface area contributed by atoms with E-state index < -0.39 is 29.3 Å². The van der Waals surface area contributed by atoms with E-state index in [-0.39, 0.29) is 6.42 Å². The third-order valence-electron chi connectivity index (χ3n) is 7.10. The molecule has 3 aliphatic rings. The van der Waals surface area contributed by atoms with Gasteiger partial charge in [0.1, 0.15) is 5.75 Å². The Kier molecular flexibility index (Phi) is 4.62. The minimum atomic E-state index is -1.35. The standard InChI is InChI=1S/C24H26N4O4/c1-25-21(29)24(22(30)26(2)23(25)31)14-16-6-4-5-7-19(16)28-13-12-27(15-20(24)28)17-8-10-18(32-3)11-9-17/h4-11,20H,12-15H2,1-3H3/t20-/m1/s1. The molecule has 1 spiro atoms. The minimum absolute atomic E-state index is 0.278. The zero-order valence-electron chi connectivity index (χ0n) is 18.4. The number of urea groups is 1. The lowest BCUT2D eigenvalue weighted by atomic mass is 9.67. The highest BCUT2D eigenvalue weighted by Crippen LogP contribution is 2.47. The smallest absolute Gasteiger partial charge is 0.332 e. The molecule has 0 aliphatic carbocycles. The van der Waals surface area contributed by atoms with Gasteiger partial charge in [-0.05, 0) is 42.3 Å². The van der Waals surface area contributed by atoms with Crippen LogP contribution in [0.3, 0.4) is 0 Å². The van der Waals surface area contributed by atoms with Gasteiger partial charge in [0.2, 0.25) is 11.8 Å². The first-order chi connectivity index (χ1) is 15.4. The van der Waals surface area contributed by atoms with Crippen molar-refractivity contribution in [1.82, 2.24) is 9.80 Å². The number of nitrogens with zero attached hydrogens (tertiary/aromatic N) is 4. The van der Waals surface area contributed by atoms with Crippen molar-refractivity contribution in [3.8, 4) is 5.75 Å². The first-order valence-corrected chi connectivity index (χ1v) is 10.7. The van der Waals surface area contributed by atoms with Crippen LogP contribution in [-0.4, -0.2) is 74.5 Å². The number of piperazine rings is 1. The Morgan fingerprint density at radius 3 is 2.22 bits per heavy atom. The van der Waals surface area contributed by atoms with Gasteiger partial charge in [0.15, 0.2) is 5.41 Å². The van der Waals surface area contributed by atoms with E-state index in [1.165, 1.54) is 14.1 Å². The summed E-state index contributed by atoms with van der Waals surface area (Å²) in [5.74, 6) is -0.0757. The zero-order valence-corrected chi connectivity index (χ0v) is 18.4. The molecular formula is C24H26N4O4. The number of ether oxygens (including phenoxy) is 1. The van der Waals surface area contributed by atoms with E-state index >= 15 is 0 Å². The second-order valence-corrected chi connectivity index (χ2v) is 8.64. The van der Waals surface area contributed by atoms with Crippen molar-refractivity contribution in [2.24, 2.45) is 5.41 Å². The highest BCUT2D eigenvalue weighted by Gasteiger charge is 2.63. The van der Waals surface area contributed by atoms with Crippen LogP contribution in [0.25, 0.3) is 0 Å². The van der Waals surface area contributed by atoms with Crippen LogP contribution >= 0.6 is 0 Å². The Hall–Kier alpha value is -3.55. The van der Waals surface area contributed by atoms with Crippen molar-refractivity contribution < 1.29 is 19.1 Å². The number of methoxy groups -OCH3 is 1. The predicted molar refractivity (Wildman–Crippen MR) is 120 cm³/mol. The molecular weight excluding hydrogens is 408 g/mol. The Morgan fingerprint density at radius 1 is 0.906 bits per heavy atom. The fourth-order valence-electron chi connectivity index (χ4n) is 5.40. The van der Waals surface area contributed by atoms with Gasteiger partial charge in [-0.15, -0.1) is 0 Å². The summed E-state index contributed by atoms with van der Waals surface area (Å²) < 4.78 is 5.27.